The summed E-state index contributed by atoms with van der Waals surface area (Å²) < 4.78 is 0. The van der Waals surface area contributed by atoms with Crippen molar-refractivity contribution in [2.75, 3.05) is 13.2 Å². The van der Waals surface area contributed by atoms with Crippen LogP contribution in [0.15, 0.2) is 30.3 Å². The normalized spacial score (nSPS) is 20.2. The average molecular weight is 262 g/mol. The van der Waals surface area contributed by atoms with Crippen molar-refractivity contribution >= 4 is 5.91 Å². The van der Waals surface area contributed by atoms with Gasteiger partial charge in [-0.25, -0.2) is 0 Å². The largest absolute Gasteiger partial charge is 0.394 e. The summed E-state index contributed by atoms with van der Waals surface area (Å²) in [5.74, 6) is 0.0226. The highest BCUT2D eigenvalue weighted by atomic mass is 16.3. The fraction of sp³-hybridized carbons (Fsp3) is 0.533. The Morgan fingerprint density at radius 3 is 2.84 bits per heavy atom. The van der Waals surface area contributed by atoms with E-state index < -0.39 is 0 Å². The zero-order valence-corrected chi connectivity index (χ0v) is 11.1. The van der Waals surface area contributed by atoms with E-state index in [-0.39, 0.29) is 18.6 Å². The van der Waals surface area contributed by atoms with Gasteiger partial charge in [0.05, 0.1) is 12.6 Å². The topological polar surface area (TPSA) is 61.4 Å². The smallest absolute Gasteiger partial charge is 0.221 e. The minimum atomic E-state index is -0.198. The summed E-state index contributed by atoms with van der Waals surface area (Å²) in [6.07, 6.45) is 3.38. The second-order valence-electron chi connectivity index (χ2n) is 5.13. The maximum Gasteiger partial charge on any atom is 0.221 e. The van der Waals surface area contributed by atoms with Crippen molar-refractivity contribution in [1.82, 2.24) is 10.6 Å². The van der Waals surface area contributed by atoms with Gasteiger partial charge in [-0.1, -0.05) is 30.3 Å². The van der Waals surface area contributed by atoms with Gasteiger partial charge in [0, 0.05) is 12.5 Å². The van der Waals surface area contributed by atoms with Gasteiger partial charge in [-0.05, 0) is 31.4 Å². The number of hydrogen-bond donors (Lipinski definition) is 3. The molecule has 2 atom stereocenters. The molecule has 0 radical (unpaired) electrons. The molecule has 0 aromatic heterocycles. The molecule has 1 aromatic carbocycles. The average Bonchev–Trinajstić information content (AvgIpc) is 2.92. The van der Waals surface area contributed by atoms with Crippen LogP contribution in [0.3, 0.4) is 0 Å². The fourth-order valence-corrected chi connectivity index (χ4v) is 2.50. The molecule has 4 nitrogen and oxygen atoms in total. The molecular weight excluding hydrogens is 240 g/mol. The molecule has 1 fully saturated rings. The lowest BCUT2D eigenvalue weighted by molar-refractivity contribution is -0.122. The van der Waals surface area contributed by atoms with Gasteiger partial charge in [0.2, 0.25) is 5.91 Å². The molecule has 3 N–H and O–H groups in total. The molecule has 0 bridgehead atoms. The van der Waals surface area contributed by atoms with E-state index in [9.17, 15) is 9.90 Å². The summed E-state index contributed by atoms with van der Waals surface area (Å²) in [7, 11) is 0. The van der Waals surface area contributed by atoms with Gasteiger partial charge in [-0.15, -0.1) is 0 Å². The maximum atomic E-state index is 11.9. The number of rotatable bonds is 6. The Morgan fingerprint density at radius 1 is 1.42 bits per heavy atom. The van der Waals surface area contributed by atoms with Crippen molar-refractivity contribution in [3.63, 3.8) is 0 Å². The number of benzene rings is 1. The second kappa shape index (κ2) is 7.26. The van der Waals surface area contributed by atoms with E-state index in [1.165, 1.54) is 0 Å². The number of amides is 1. The first-order valence-electron chi connectivity index (χ1n) is 6.95. The van der Waals surface area contributed by atoms with Crippen molar-refractivity contribution in [2.24, 2.45) is 0 Å². The van der Waals surface area contributed by atoms with E-state index >= 15 is 0 Å². The summed E-state index contributed by atoms with van der Waals surface area (Å²) in [6, 6.07) is 10.0. The Labute approximate surface area is 114 Å². The summed E-state index contributed by atoms with van der Waals surface area (Å²) in [5, 5.41) is 15.6. The van der Waals surface area contributed by atoms with E-state index in [0.717, 1.165) is 24.9 Å². The molecule has 19 heavy (non-hydrogen) atoms. The van der Waals surface area contributed by atoms with Gasteiger partial charge in [-0.3, -0.25) is 4.79 Å². The van der Waals surface area contributed by atoms with E-state index in [2.05, 4.69) is 10.6 Å². The molecule has 0 spiro atoms. The number of aliphatic hydroxyl groups is 1. The fourth-order valence-electron chi connectivity index (χ4n) is 2.50. The van der Waals surface area contributed by atoms with Crippen LogP contribution in [0.1, 0.15) is 24.8 Å². The van der Waals surface area contributed by atoms with E-state index in [1.807, 2.05) is 30.3 Å². The Bertz CT molecular complexity index is 388. The molecule has 1 saturated heterocycles. The minimum Gasteiger partial charge on any atom is -0.394 e. The van der Waals surface area contributed by atoms with Crippen LogP contribution >= 0.6 is 0 Å². The van der Waals surface area contributed by atoms with Crippen LogP contribution in [0.25, 0.3) is 0 Å². The quantitative estimate of drug-likeness (QED) is 0.712. The highest BCUT2D eigenvalue weighted by Gasteiger charge is 2.19. The second-order valence-corrected chi connectivity index (χ2v) is 5.13. The number of carbonyl (C=O) groups is 1. The summed E-state index contributed by atoms with van der Waals surface area (Å²) in [4.78, 5) is 11.9. The van der Waals surface area contributed by atoms with Crippen molar-refractivity contribution in [3.8, 4) is 0 Å². The SMILES string of the molecule is O=C(CC1CCCN1)N[C@@H](CO)Cc1ccccc1. The number of nitrogens with one attached hydrogen (secondary N) is 2. The summed E-state index contributed by atoms with van der Waals surface area (Å²) >= 11 is 0. The van der Waals surface area contributed by atoms with Gasteiger partial charge >= 0.3 is 0 Å². The Morgan fingerprint density at radius 2 is 2.21 bits per heavy atom. The first-order chi connectivity index (χ1) is 9.28. The zero-order valence-electron chi connectivity index (χ0n) is 11.1. The Balaban J connectivity index is 1.79. The Hall–Kier alpha value is -1.39. The maximum absolute atomic E-state index is 11.9. The lowest BCUT2D eigenvalue weighted by atomic mass is 10.1. The number of aliphatic hydroxyl groups excluding tert-OH is 1. The predicted molar refractivity (Wildman–Crippen MR) is 74.8 cm³/mol. The van der Waals surface area contributed by atoms with Gasteiger partial charge < -0.3 is 15.7 Å². The number of carbonyl (C=O) groups excluding carboxylic acids is 1. The van der Waals surface area contributed by atoms with Crippen LogP contribution in [0, 0.1) is 0 Å². The van der Waals surface area contributed by atoms with E-state index in [4.69, 9.17) is 0 Å². The molecule has 2 rings (SSSR count). The highest BCUT2D eigenvalue weighted by molar-refractivity contribution is 5.77. The van der Waals surface area contributed by atoms with Crippen LogP contribution in [0.5, 0.6) is 0 Å². The molecule has 1 unspecified atom stereocenters. The molecule has 1 aromatic rings. The third kappa shape index (κ3) is 4.65. The van der Waals surface area contributed by atoms with Crippen molar-refractivity contribution in [2.45, 2.75) is 37.8 Å². The van der Waals surface area contributed by atoms with E-state index in [0.29, 0.717) is 18.9 Å². The first-order valence-corrected chi connectivity index (χ1v) is 6.95. The molecule has 4 heteroatoms. The van der Waals surface area contributed by atoms with Gasteiger partial charge in [-0.2, -0.15) is 0 Å². The standard InChI is InChI=1S/C15H22N2O2/c18-11-14(9-12-5-2-1-3-6-12)17-15(19)10-13-7-4-8-16-13/h1-3,5-6,13-14,16,18H,4,7-11H2,(H,17,19)/t13?,14-/m1/s1. The van der Waals surface area contributed by atoms with Crippen molar-refractivity contribution < 1.29 is 9.90 Å². The van der Waals surface area contributed by atoms with Crippen LogP contribution in [-0.2, 0) is 11.2 Å². The third-order valence-electron chi connectivity index (χ3n) is 3.50. The van der Waals surface area contributed by atoms with Crippen molar-refractivity contribution in [3.05, 3.63) is 35.9 Å². The highest BCUT2D eigenvalue weighted by Crippen LogP contribution is 2.09. The van der Waals surface area contributed by atoms with E-state index in [1.54, 1.807) is 0 Å². The van der Waals surface area contributed by atoms with Crippen LogP contribution in [0.4, 0.5) is 0 Å². The minimum absolute atomic E-state index is 0.0226. The third-order valence-corrected chi connectivity index (χ3v) is 3.50. The van der Waals surface area contributed by atoms with Crippen LogP contribution in [0.2, 0.25) is 0 Å². The first kappa shape index (κ1) is 14.0. The molecule has 104 valence electrons. The zero-order chi connectivity index (χ0) is 13.5. The predicted octanol–water partition coefficient (Wildman–Crippen LogP) is 0.848. The lowest BCUT2D eigenvalue weighted by Gasteiger charge is -2.18. The molecular formula is C15H22N2O2. The summed E-state index contributed by atoms with van der Waals surface area (Å²) in [5.41, 5.74) is 1.13. The molecule has 1 aliphatic heterocycles. The van der Waals surface area contributed by atoms with Gasteiger partial charge in [0.25, 0.3) is 0 Å². The van der Waals surface area contributed by atoms with Gasteiger partial charge in [0.1, 0.15) is 0 Å². The Kier molecular flexibility index (Phi) is 5.36. The van der Waals surface area contributed by atoms with Crippen LogP contribution in [-0.4, -0.2) is 36.2 Å². The summed E-state index contributed by atoms with van der Waals surface area (Å²) in [6.45, 7) is 0.976. The number of hydrogen-bond acceptors (Lipinski definition) is 3. The lowest BCUT2D eigenvalue weighted by Crippen LogP contribution is -2.41. The molecule has 0 aliphatic carbocycles. The molecule has 0 saturated carbocycles. The van der Waals surface area contributed by atoms with Gasteiger partial charge in [0.15, 0.2) is 0 Å². The molecule has 1 heterocycles. The van der Waals surface area contributed by atoms with Crippen LogP contribution < -0.4 is 10.6 Å². The monoisotopic (exact) mass is 262 g/mol. The molecule has 1 aliphatic rings. The molecule has 1 amide bonds. The van der Waals surface area contributed by atoms with Crippen molar-refractivity contribution in [1.29, 1.82) is 0 Å².